The first-order chi connectivity index (χ1) is 9.99. The minimum Gasteiger partial charge on any atom is -0.357 e. The van der Waals surface area contributed by atoms with Crippen LogP contribution >= 0.6 is 0 Å². The number of nitrogens with one attached hydrogen (secondary N) is 1. The van der Waals surface area contributed by atoms with Crippen LogP contribution in [0.4, 0.5) is 24.9 Å². The van der Waals surface area contributed by atoms with Crippen LogP contribution in [-0.4, -0.2) is 29.6 Å². The first-order valence-electron chi connectivity index (χ1n) is 7.39. The fourth-order valence-corrected chi connectivity index (χ4v) is 3.58. The van der Waals surface area contributed by atoms with Gasteiger partial charge in [-0.3, -0.25) is 0 Å². The van der Waals surface area contributed by atoms with E-state index in [9.17, 15) is 13.2 Å². The molecule has 1 N–H and O–H groups in total. The molecule has 4 nitrogen and oxygen atoms in total. The van der Waals surface area contributed by atoms with E-state index in [1.807, 2.05) is 0 Å². The molecule has 2 atom stereocenters. The van der Waals surface area contributed by atoms with Crippen molar-refractivity contribution in [1.29, 1.82) is 0 Å². The van der Waals surface area contributed by atoms with E-state index in [1.165, 1.54) is 19.9 Å². The third kappa shape index (κ3) is 2.78. The predicted octanol–water partition coefficient (Wildman–Crippen LogP) is 3.31. The molecule has 1 saturated heterocycles. The van der Waals surface area contributed by atoms with Gasteiger partial charge in [-0.2, -0.15) is 18.2 Å². The first-order valence-corrected chi connectivity index (χ1v) is 7.39. The van der Waals surface area contributed by atoms with Crippen LogP contribution in [0, 0.1) is 5.92 Å². The largest absolute Gasteiger partial charge is 0.433 e. The molecule has 2 fully saturated rings. The van der Waals surface area contributed by atoms with E-state index in [-0.39, 0.29) is 5.95 Å². The van der Waals surface area contributed by atoms with Crippen molar-refractivity contribution in [3.63, 3.8) is 0 Å². The Labute approximate surface area is 121 Å². The normalized spacial score (nSPS) is 25.8. The molecule has 0 bridgehead atoms. The van der Waals surface area contributed by atoms with Gasteiger partial charge in [0, 0.05) is 25.7 Å². The Kier molecular flexibility index (Phi) is 3.67. The number of halogens is 3. The Morgan fingerprint density at radius 1 is 1.19 bits per heavy atom. The second kappa shape index (κ2) is 5.35. The summed E-state index contributed by atoms with van der Waals surface area (Å²) in [7, 11) is 1.54. The quantitative estimate of drug-likeness (QED) is 0.910. The summed E-state index contributed by atoms with van der Waals surface area (Å²) in [6, 6.07) is 1.42. The number of hydrogen-bond acceptors (Lipinski definition) is 4. The second-order valence-electron chi connectivity index (χ2n) is 5.78. The fraction of sp³-hybridized carbons (Fsp3) is 0.714. The van der Waals surface area contributed by atoms with E-state index in [4.69, 9.17) is 0 Å². The lowest BCUT2D eigenvalue weighted by Gasteiger charge is -2.38. The lowest BCUT2D eigenvalue weighted by atomic mass is 9.92. The van der Waals surface area contributed by atoms with Crippen LogP contribution < -0.4 is 10.2 Å². The van der Waals surface area contributed by atoms with Gasteiger partial charge in [-0.15, -0.1) is 0 Å². The number of nitrogens with zero attached hydrogens (tertiary/aromatic N) is 3. The summed E-state index contributed by atoms with van der Waals surface area (Å²) in [5.41, 5.74) is -0.878. The Bertz CT molecular complexity index is 517. The van der Waals surface area contributed by atoms with Gasteiger partial charge in [-0.05, 0) is 31.6 Å². The van der Waals surface area contributed by atoms with Crippen LogP contribution in [-0.2, 0) is 6.18 Å². The molecule has 2 unspecified atom stereocenters. The highest BCUT2D eigenvalue weighted by molar-refractivity contribution is 5.47. The van der Waals surface area contributed by atoms with E-state index in [2.05, 4.69) is 20.2 Å². The molecular formula is C14H19F3N4. The number of fused-ring (bicyclic) bond motifs is 1. The minimum atomic E-state index is -4.45. The third-order valence-corrected chi connectivity index (χ3v) is 4.51. The van der Waals surface area contributed by atoms with Crippen molar-refractivity contribution < 1.29 is 13.2 Å². The molecule has 2 heterocycles. The topological polar surface area (TPSA) is 41.1 Å². The smallest absolute Gasteiger partial charge is 0.357 e. The molecule has 21 heavy (non-hydrogen) atoms. The summed E-state index contributed by atoms with van der Waals surface area (Å²) < 4.78 is 38.9. The number of piperidine rings is 1. The molecule has 0 amide bonds. The molecule has 1 saturated carbocycles. The molecule has 1 aromatic heterocycles. The van der Waals surface area contributed by atoms with E-state index < -0.39 is 11.9 Å². The molecule has 1 aliphatic carbocycles. The van der Waals surface area contributed by atoms with Crippen molar-refractivity contribution in [2.75, 3.05) is 23.8 Å². The van der Waals surface area contributed by atoms with E-state index in [0.717, 1.165) is 31.9 Å². The van der Waals surface area contributed by atoms with Gasteiger partial charge < -0.3 is 10.2 Å². The van der Waals surface area contributed by atoms with Crippen molar-refractivity contribution >= 4 is 11.8 Å². The molecule has 1 aliphatic heterocycles. The minimum absolute atomic E-state index is 0.0277. The summed E-state index contributed by atoms with van der Waals surface area (Å²) in [6.07, 6.45) is 1.12. The summed E-state index contributed by atoms with van der Waals surface area (Å²) in [4.78, 5) is 9.84. The van der Waals surface area contributed by atoms with Crippen LogP contribution in [0.1, 0.15) is 37.8 Å². The molecule has 1 aromatic rings. The van der Waals surface area contributed by atoms with Gasteiger partial charge in [0.05, 0.1) is 0 Å². The highest BCUT2D eigenvalue weighted by Crippen LogP contribution is 2.39. The maximum Gasteiger partial charge on any atom is 0.433 e. The average molecular weight is 300 g/mol. The molecule has 2 aliphatic rings. The number of anilines is 2. The zero-order chi connectivity index (χ0) is 15.0. The van der Waals surface area contributed by atoms with Gasteiger partial charge in [0.25, 0.3) is 0 Å². The fourth-order valence-electron chi connectivity index (χ4n) is 3.58. The maximum atomic E-state index is 13.0. The number of hydrogen-bond donors (Lipinski definition) is 1. The standard InChI is InChI=1S/C14H19F3N4/c1-18-13-19-11(14(15,16)17)8-12(20-13)21-7-3-5-9-4-2-6-10(9)21/h8-10H,2-7H2,1H3,(H,18,19,20). The second-order valence-corrected chi connectivity index (χ2v) is 5.78. The van der Waals surface area contributed by atoms with Gasteiger partial charge in [-0.1, -0.05) is 6.42 Å². The molecule has 7 heteroatoms. The number of aromatic nitrogens is 2. The Morgan fingerprint density at radius 2 is 1.95 bits per heavy atom. The van der Waals surface area contributed by atoms with Gasteiger partial charge in [0.1, 0.15) is 5.82 Å². The van der Waals surface area contributed by atoms with E-state index in [0.29, 0.717) is 17.8 Å². The monoisotopic (exact) mass is 300 g/mol. The number of alkyl halides is 3. The van der Waals surface area contributed by atoms with Crippen LogP contribution in [0.3, 0.4) is 0 Å². The molecule has 116 valence electrons. The third-order valence-electron chi connectivity index (χ3n) is 4.51. The number of rotatable bonds is 2. The SMILES string of the molecule is CNc1nc(N2CCCC3CCCC32)cc(C(F)(F)F)n1. The van der Waals surface area contributed by atoms with E-state index >= 15 is 0 Å². The lowest BCUT2D eigenvalue weighted by molar-refractivity contribution is -0.141. The van der Waals surface area contributed by atoms with Crippen LogP contribution in [0.25, 0.3) is 0 Å². The lowest BCUT2D eigenvalue weighted by Crippen LogP contribution is -2.43. The highest BCUT2D eigenvalue weighted by atomic mass is 19.4. The van der Waals surface area contributed by atoms with Crippen molar-refractivity contribution in [3.8, 4) is 0 Å². The van der Waals surface area contributed by atoms with Gasteiger partial charge in [-0.25, -0.2) is 4.98 Å². The molecule has 0 aromatic carbocycles. The average Bonchev–Trinajstić information content (AvgIpc) is 2.94. The Balaban J connectivity index is 1.97. The van der Waals surface area contributed by atoms with Crippen LogP contribution in [0.5, 0.6) is 0 Å². The highest BCUT2D eigenvalue weighted by Gasteiger charge is 2.38. The molecule has 3 rings (SSSR count). The van der Waals surface area contributed by atoms with Gasteiger partial charge in [0.2, 0.25) is 5.95 Å². The van der Waals surface area contributed by atoms with Crippen molar-refractivity contribution in [1.82, 2.24) is 9.97 Å². The van der Waals surface area contributed by atoms with Gasteiger partial charge >= 0.3 is 6.18 Å². The summed E-state index contributed by atoms with van der Waals surface area (Å²) in [5.74, 6) is 1.03. The summed E-state index contributed by atoms with van der Waals surface area (Å²) in [5, 5.41) is 2.63. The zero-order valence-electron chi connectivity index (χ0n) is 12.0. The Morgan fingerprint density at radius 3 is 2.67 bits per heavy atom. The Hall–Kier alpha value is -1.53. The van der Waals surface area contributed by atoms with Crippen LogP contribution in [0.2, 0.25) is 0 Å². The molecular weight excluding hydrogens is 281 g/mol. The predicted molar refractivity (Wildman–Crippen MR) is 74.3 cm³/mol. The first kappa shape index (κ1) is 14.4. The summed E-state index contributed by atoms with van der Waals surface area (Å²) in [6.45, 7) is 0.776. The van der Waals surface area contributed by atoms with Gasteiger partial charge in [0.15, 0.2) is 5.69 Å². The molecule has 0 radical (unpaired) electrons. The zero-order valence-corrected chi connectivity index (χ0v) is 12.0. The summed E-state index contributed by atoms with van der Waals surface area (Å²) >= 11 is 0. The maximum absolute atomic E-state index is 13.0. The van der Waals surface area contributed by atoms with Crippen LogP contribution in [0.15, 0.2) is 6.07 Å². The van der Waals surface area contributed by atoms with Crippen molar-refractivity contribution in [3.05, 3.63) is 11.8 Å². The van der Waals surface area contributed by atoms with E-state index in [1.54, 1.807) is 0 Å². The van der Waals surface area contributed by atoms with Crippen molar-refractivity contribution in [2.24, 2.45) is 5.92 Å². The van der Waals surface area contributed by atoms with Crippen molar-refractivity contribution in [2.45, 2.75) is 44.3 Å². The molecule has 0 spiro atoms.